The molecule has 204 valence electrons. The molecule has 1 aromatic heterocycles. The minimum atomic E-state index is -0.429. The van der Waals surface area contributed by atoms with Gasteiger partial charge in [0.25, 0.3) is 11.8 Å². The molecule has 1 atom stereocenters. The lowest BCUT2D eigenvalue weighted by Gasteiger charge is -2.31. The molecule has 0 radical (unpaired) electrons. The van der Waals surface area contributed by atoms with Gasteiger partial charge in [0, 0.05) is 16.6 Å². The van der Waals surface area contributed by atoms with E-state index < -0.39 is 5.91 Å². The Morgan fingerprint density at radius 1 is 1.07 bits per heavy atom. The van der Waals surface area contributed by atoms with Crippen molar-refractivity contribution in [2.45, 2.75) is 25.3 Å². The lowest BCUT2D eigenvalue weighted by molar-refractivity contribution is 0.100. The first kappa shape index (κ1) is 27.0. The average molecular weight is 537 g/mol. The van der Waals surface area contributed by atoms with Gasteiger partial charge in [-0.1, -0.05) is 18.2 Å². The molecule has 0 saturated carbocycles. The van der Waals surface area contributed by atoms with Crippen molar-refractivity contribution in [1.82, 2.24) is 14.9 Å². The molecule has 2 amide bonds. The van der Waals surface area contributed by atoms with E-state index >= 15 is 0 Å². The van der Waals surface area contributed by atoms with Crippen molar-refractivity contribution in [1.29, 1.82) is 0 Å². The number of para-hydroxylation sites is 1. The summed E-state index contributed by atoms with van der Waals surface area (Å²) in [6.45, 7) is 6.70. The number of hydrogen-bond acceptors (Lipinski definition) is 7. The zero-order valence-electron chi connectivity index (χ0n) is 22.5. The highest BCUT2D eigenvalue weighted by Crippen LogP contribution is 2.30. The second kappa shape index (κ2) is 12.5. The quantitative estimate of drug-likeness (QED) is 0.248. The van der Waals surface area contributed by atoms with E-state index in [1.54, 1.807) is 43.5 Å². The molecular formula is C31H32N6O3. The second-order valence-corrected chi connectivity index (χ2v) is 9.73. The molecule has 0 bridgehead atoms. The third-order valence-electron chi connectivity index (χ3n) is 7.16. The van der Waals surface area contributed by atoms with Gasteiger partial charge in [-0.3, -0.25) is 9.59 Å². The number of nitrogens with one attached hydrogen (secondary N) is 2. The van der Waals surface area contributed by atoms with Gasteiger partial charge in [0.1, 0.15) is 17.9 Å². The molecule has 1 unspecified atom stereocenters. The maximum absolute atomic E-state index is 12.9. The van der Waals surface area contributed by atoms with E-state index in [0.29, 0.717) is 33.9 Å². The first-order chi connectivity index (χ1) is 19.6. The maximum Gasteiger partial charge on any atom is 0.278 e. The molecule has 2 heterocycles. The van der Waals surface area contributed by atoms with E-state index in [1.165, 1.54) is 12.7 Å². The molecule has 0 spiro atoms. The standard InChI is InChI=1S/C31H32N6O3/c1-32-31(39)26-10-4-9-25-28(26)33-20-34-29(25)36-27(11-5-16-37-17-6-18-37)22-7-3-8-23(19-22)35-30(38)21-12-14-24(40-2)15-13-21/h3-4,7-10,12-15,19-20,27H,1,5-6,11,16-18H2,2H3,(H,35,38)(H,33,34,36). The third-order valence-corrected chi connectivity index (χ3v) is 7.16. The van der Waals surface area contributed by atoms with Crippen LogP contribution in [0.1, 0.15) is 51.6 Å². The smallest absolute Gasteiger partial charge is 0.278 e. The van der Waals surface area contributed by atoms with Gasteiger partial charge in [-0.2, -0.15) is 0 Å². The number of ether oxygens (including phenoxy) is 1. The van der Waals surface area contributed by atoms with Crippen LogP contribution in [0.3, 0.4) is 0 Å². The van der Waals surface area contributed by atoms with E-state index in [2.05, 4.69) is 37.2 Å². The van der Waals surface area contributed by atoms with Crippen molar-refractivity contribution >= 4 is 40.9 Å². The van der Waals surface area contributed by atoms with Crippen molar-refractivity contribution in [2.24, 2.45) is 4.99 Å². The summed E-state index contributed by atoms with van der Waals surface area (Å²) in [7, 11) is 1.59. The van der Waals surface area contributed by atoms with Crippen LogP contribution in [0.5, 0.6) is 5.75 Å². The van der Waals surface area contributed by atoms with Crippen molar-refractivity contribution in [2.75, 3.05) is 37.4 Å². The maximum atomic E-state index is 12.9. The SMILES string of the molecule is C=NC(=O)c1cccc2c(NC(CCCN3CCC3)c3cccc(NC(=O)c4ccc(OC)cc4)c3)ncnc12. The number of rotatable bonds is 11. The van der Waals surface area contributed by atoms with Gasteiger partial charge < -0.3 is 20.3 Å². The average Bonchev–Trinajstić information content (AvgIpc) is 2.97. The Morgan fingerprint density at radius 2 is 1.88 bits per heavy atom. The van der Waals surface area contributed by atoms with Gasteiger partial charge in [-0.25, -0.2) is 15.0 Å². The summed E-state index contributed by atoms with van der Waals surface area (Å²) in [5.74, 6) is 0.698. The van der Waals surface area contributed by atoms with E-state index in [9.17, 15) is 9.59 Å². The highest BCUT2D eigenvalue weighted by atomic mass is 16.5. The Morgan fingerprint density at radius 3 is 2.60 bits per heavy atom. The summed E-state index contributed by atoms with van der Waals surface area (Å²) < 4.78 is 5.19. The topological polar surface area (TPSA) is 109 Å². The Bertz CT molecular complexity index is 1520. The molecular weight excluding hydrogens is 504 g/mol. The number of methoxy groups -OCH3 is 1. The Kier molecular flexibility index (Phi) is 8.41. The van der Waals surface area contributed by atoms with E-state index in [4.69, 9.17) is 4.74 Å². The van der Waals surface area contributed by atoms with Crippen molar-refractivity contribution < 1.29 is 14.3 Å². The number of hydrogen-bond donors (Lipinski definition) is 2. The van der Waals surface area contributed by atoms with Gasteiger partial charge in [0.05, 0.1) is 24.2 Å². The van der Waals surface area contributed by atoms with Gasteiger partial charge in [0.2, 0.25) is 0 Å². The summed E-state index contributed by atoms with van der Waals surface area (Å²) in [6.07, 6.45) is 4.55. The van der Waals surface area contributed by atoms with Gasteiger partial charge in [-0.15, -0.1) is 0 Å². The first-order valence-corrected chi connectivity index (χ1v) is 13.3. The molecule has 1 aliphatic heterocycles. The monoisotopic (exact) mass is 536 g/mol. The number of anilines is 2. The summed E-state index contributed by atoms with van der Waals surface area (Å²) in [5.41, 5.74) is 3.17. The molecule has 1 aliphatic rings. The lowest BCUT2D eigenvalue weighted by Crippen LogP contribution is -2.37. The van der Waals surface area contributed by atoms with E-state index in [1.807, 2.05) is 30.3 Å². The molecule has 5 rings (SSSR count). The number of fused-ring (bicyclic) bond motifs is 1. The van der Waals surface area contributed by atoms with Gasteiger partial charge in [0.15, 0.2) is 0 Å². The van der Waals surface area contributed by atoms with Crippen molar-refractivity contribution in [3.8, 4) is 5.75 Å². The Hall–Kier alpha value is -4.63. The van der Waals surface area contributed by atoms with Gasteiger partial charge >= 0.3 is 0 Å². The normalized spacial score (nSPS) is 13.7. The van der Waals surface area contributed by atoms with Gasteiger partial charge in [-0.05, 0) is 99.7 Å². The Balaban J connectivity index is 1.40. The number of nitrogens with zero attached hydrogens (tertiary/aromatic N) is 4. The largest absolute Gasteiger partial charge is 0.497 e. The number of carbonyl (C=O) groups excluding carboxylic acids is 2. The highest BCUT2D eigenvalue weighted by molar-refractivity contribution is 6.09. The molecule has 3 aromatic carbocycles. The molecule has 9 heteroatoms. The van der Waals surface area contributed by atoms with Crippen LogP contribution in [0, 0.1) is 0 Å². The molecule has 0 aliphatic carbocycles. The van der Waals surface area contributed by atoms with E-state index in [0.717, 1.165) is 43.4 Å². The third kappa shape index (κ3) is 6.16. The predicted octanol–water partition coefficient (Wildman–Crippen LogP) is 5.37. The lowest BCUT2D eigenvalue weighted by atomic mass is 10.00. The summed E-state index contributed by atoms with van der Waals surface area (Å²) >= 11 is 0. The zero-order valence-corrected chi connectivity index (χ0v) is 22.5. The Labute approximate surface area is 233 Å². The van der Waals surface area contributed by atoms with Crippen molar-refractivity contribution in [3.05, 3.63) is 89.7 Å². The van der Waals surface area contributed by atoms with Crippen LogP contribution in [0.25, 0.3) is 10.9 Å². The van der Waals surface area contributed by atoms with Crippen LogP contribution >= 0.6 is 0 Å². The number of carbonyl (C=O) groups is 2. The van der Waals surface area contributed by atoms with Crippen LogP contribution in [0.4, 0.5) is 11.5 Å². The van der Waals surface area contributed by atoms with Crippen LogP contribution in [-0.2, 0) is 0 Å². The molecule has 4 aromatic rings. The van der Waals surface area contributed by atoms with Crippen LogP contribution < -0.4 is 15.4 Å². The number of amides is 2. The highest BCUT2D eigenvalue weighted by Gasteiger charge is 2.19. The fourth-order valence-corrected chi connectivity index (χ4v) is 4.85. The molecule has 1 fully saturated rings. The second-order valence-electron chi connectivity index (χ2n) is 9.73. The molecule has 1 saturated heterocycles. The summed E-state index contributed by atoms with van der Waals surface area (Å²) in [5, 5.41) is 7.34. The summed E-state index contributed by atoms with van der Waals surface area (Å²) in [6, 6.07) is 20.1. The van der Waals surface area contributed by atoms with Crippen molar-refractivity contribution in [3.63, 3.8) is 0 Å². The molecule has 9 nitrogen and oxygen atoms in total. The van der Waals surface area contributed by atoms with Crippen LogP contribution in [0.15, 0.2) is 78.0 Å². The van der Waals surface area contributed by atoms with Crippen LogP contribution in [0.2, 0.25) is 0 Å². The van der Waals surface area contributed by atoms with E-state index in [-0.39, 0.29) is 11.9 Å². The molecule has 2 N–H and O–H groups in total. The minimum Gasteiger partial charge on any atom is -0.497 e. The number of likely N-dealkylation sites (tertiary alicyclic amines) is 1. The molecule has 40 heavy (non-hydrogen) atoms. The number of aromatic nitrogens is 2. The number of aliphatic imine (C=N–C) groups is 1. The fraction of sp³-hybridized carbons (Fsp3) is 0.258. The minimum absolute atomic E-state index is 0.0888. The number of benzene rings is 3. The fourth-order valence-electron chi connectivity index (χ4n) is 4.85. The predicted molar refractivity (Wildman–Crippen MR) is 157 cm³/mol. The van der Waals surface area contributed by atoms with Crippen LogP contribution in [-0.4, -0.2) is 60.1 Å². The zero-order chi connectivity index (χ0) is 27.9. The first-order valence-electron chi connectivity index (χ1n) is 13.3. The summed E-state index contributed by atoms with van der Waals surface area (Å²) in [4.78, 5) is 40.1.